The highest BCUT2D eigenvalue weighted by Gasteiger charge is 2.33. The third kappa shape index (κ3) is 4.85. The number of carbonyl (C=O) groups is 1. The Morgan fingerprint density at radius 2 is 1.83 bits per heavy atom. The van der Waals surface area contributed by atoms with Gasteiger partial charge in [0.2, 0.25) is 0 Å². The fourth-order valence-electron chi connectivity index (χ4n) is 4.74. The summed E-state index contributed by atoms with van der Waals surface area (Å²) in [5.41, 5.74) is 3.16. The predicted molar refractivity (Wildman–Crippen MR) is 134 cm³/mol. The van der Waals surface area contributed by atoms with Gasteiger partial charge in [-0.3, -0.25) is 10.2 Å². The number of carbonyl (C=O) groups excluding carboxylic acids is 1. The highest BCUT2D eigenvalue weighted by Crippen LogP contribution is 2.38. The van der Waals surface area contributed by atoms with E-state index in [2.05, 4.69) is 31.7 Å². The van der Waals surface area contributed by atoms with Crippen LogP contribution in [0.3, 0.4) is 0 Å². The van der Waals surface area contributed by atoms with Crippen LogP contribution in [0.25, 0.3) is 0 Å². The molecule has 4 rings (SSSR count). The van der Waals surface area contributed by atoms with Crippen LogP contribution in [-0.4, -0.2) is 61.6 Å². The lowest BCUT2D eigenvalue weighted by atomic mass is 9.85. The normalized spacial score (nSPS) is 16.5. The average Bonchev–Trinajstić information content (AvgIpc) is 3.13. The molecule has 8 heteroatoms. The Balaban J connectivity index is 1.61. The summed E-state index contributed by atoms with van der Waals surface area (Å²) in [6.07, 6.45) is 1.12. The van der Waals surface area contributed by atoms with Crippen LogP contribution in [-0.2, 0) is 12.0 Å². The molecule has 2 N–H and O–H groups in total. The third-order valence-corrected chi connectivity index (χ3v) is 6.88. The number of ketones is 1. The van der Waals surface area contributed by atoms with Gasteiger partial charge in [0, 0.05) is 30.9 Å². The molecular formula is C27H34FN3O4. The standard InChI is InChI=1S/C27H34FN3O4/c1-27(2,3)18-10-16(11-19(13-18)30-8-6-20(32)7-9-30)21(33)15-31-14-17-12-22(34-4)25(35-5)24(28)23(17)26(31)29/h10-13,20,29,32H,6-9,14-15H2,1-5H3. The first kappa shape index (κ1) is 25.0. The van der Waals surface area contributed by atoms with Crippen LogP contribution in [0, 0.1) is 11.2 Å². The van der Waals surface area contributed by atoms with Gasteiger partial charge in [-0.25, -0.2) is 4.39 Å². The summed E-state index contributed by atoms with van der Waals surface area (Å²) in [5, 5.41) is 18.4. The number of amidine groups is 1. The zero-order valence-corrected chi connectivity index (χ0v) is 21.1. The fourth-order valence-corrected chi connectivity index (χ4v) is 4.74. The minimum absolute atomic E-state index is 0.0379. The van der Waals surface area contributed by atoms with Crippen molar-refractivity contribution in [2.75, 3.05) is 38.8 Å². The molecule has 0 atom stereocenters. The number of nitrogens with zero attached hydrogens (tertiary/aromatic N) is 2. The van der Waals surface area contributed by atoms with Crippen LogP contribution in [0.2, 0.25) is 0 Å². The Hall–Kier alpha value is -3.13. The number of piperidine rings is 1. The zero-order chi connectivity index (χ0) is 25.5. The van der Waals surface area contributed by atoms with Crippen molar-refractivity contribution in [3.8, 4) is 11.5 Å². The number of aliphatic hydroxyl groups excluding tert-OH is 1. The summed E-state index contributed by atoms with van der Waals surface area (Å²) >= 11 is 0. The minimum Gasteiger partial charge on any atom is -0.493 e. The molecule has 0 spiro atoms. The molecule has 0 amide bonds. The van der Waals surface area contributed by atoms with Crippen molar-refractivity contribution in [3.05, 3.63) is 52.3 Å². The molecular weight excluding hydrogens is 449 g/mol. The zero-order valence-electron chi connectivity index (χ0n) is 21.1. The van der Waals surface area contributed by atoms with Gasteiger partial charge in [-0.1, -0.05) is 20.8 Å². The molecule has 0 bridgehead atoms. The molecule has 2 aromatic carbocycles. The molecule has 35 heavy (non-hydrogen) atoms. The molecule has 188 valence electrons. The average molecular weight is 484 g/mol. The number of hydrogen-bond donors (Lipinski definition) is 2. The van der Waals surface area contributed by atoms with Gasteiger partial charge in [0.05, 0.1) is 32.4 Å². The summed E-state index contributed by atoms with van der Waals surface area (Å²) in [6.45, 7) is 8.00. The van der Waals surface area contributed by atoms with E-state index < -0.39 is 5.82 Å². The topological polar surface area (TPSA) is 86.1 Å². The maximum absolute atomic E-state index is 15.1. The Morgan fingerprint density at radius 3 is 2.43 bits per heavy atom. The number of hydrogen-bond acceptors (Lipinski definition) is 6. The van der Waals surface area contributed by atoms with Crippen molar-refractivity contribution in [2.24, 2.45) is 0 Å². The van der Waals surface area contributed by atoms with Crippen molar-refractivity contribution in [1.82, 2.24) is 4.90 Å². The second-order valence-electron chi connectivity index (χ2n) is 10.3. The van der Waals surface area contributed by atoms with Gasteiger partial charge in [0.15, 0.2) is 23.1 Å². The Labute approximate surface area is 206 Å². The molecule has 1 fully saturated rings. The number of halogens is 1. The highest BCUT2D eigenvalue weighted by molar-refractivity contribution is 6.06. The molecule has 0 aromatic heterocycles. The molecule has 1 saturated heterocycles. The largest absolute Gasteiger partial charge is 0.493 e. The van der Waals surface area contributed by atoms with E-state index in [9.17, 15) is 9.90 Å². The molecule has 2 aromatic rings. The highest BCUT2D eigenvalue weighted by atomic mass is 19.1. The molecule has 0 unspecified atom stereocenters. The van der Waals surface area contributed by atoms with E-state index in [1.54, 1.807) is 11.0 Å². The summed E-state index contributed by atoms with van der Waals surface area (Å²) < 4.78 is 25.5. The first-order valence-corrected chi connectivity index (χ1v) is 11.9. The quantitative estimate of drug-likeness (QED) is 0.601. The molecule has 2 heterocycles. The molecule has 0 aliphatic carbocycles. The number of anilines is 1. The van der Waals surface area contributed by atoms with Crippen molar-refractivity contribution >= 4 is 17.3 Å². The number of benzene rings is 2. The van der Waals surface area contributed by atoms with E-state index >= 15 is 4.39 Å². The first-order chi connectivity index (χ1) is 16.5. The van der Waals surface area contributed by atoms with E-state index in [4.69, 9.17) is 14.9 Å². The first-order valence-electron chi connectivity index (χ1n) is 11.9. The van der Waals surface area contributed by atoms with E-state index in [0.717, 1.165) is 24.3 Å². The molecule has 2 aliphatic heterocycles. The van der Waals surface area contributed by atoms with Gasteiger partial charge in [0.1, 0.15) is 5.84 Å². The number of methoxy groups -OCH3 is 2. The molecule has 0 radical (unpaired) electrons. The van der Waals surface area contributed by atoms with Crippen molar-refractivity contribution in [3.63, 3.8) is 0 Å². The maximum atomic E-state index is 15.1. The number of fused-ring (bicyclic) bond motifs is 1. The minimum atomic E-state index is -0.647. The van der Waals surface area contributed by atoms with Gasteiger partial charge in [-0.2, -0.15) is 0 Å². The molecule has 0 saturated carbocycles. The van der Waals surface area contributed by atoms with E-state index in [1.807, 2.05) is 12.1 Å². The summed E-state index contributed by atoms with van der Waals surface area (Å²) in [4.78, 5) is 17.2. The number of Topliss-reactive ketones (excluding diaryl/α,β-unsaturated/α-hetero) is 1. The van der Waals surface area contributed by atoms with Crippen LogP contribution in [0.4, 0.5) is 10.1 Å². The smallest absolute Gasteiger partial charge is 0.197 e. The van der Waals surface area contributed by atoms with Crippen LogP contribution in [0.15, 0.2) is 24.3 Å². The second kappa shape index (κ2) is 9.49. The van der Waals surface area contributed by atoms with Gasteiger partial charge < -0.3 is 24.4 Å². The Bertz CT molecular complexity index is 1150. The van der Waals surface area contributed by atoms with Gasteiger partial charge >= 0.3 is 0 Å². The van der Waals surface area contributed by atoms with Gasteiger partial charge in [0.25, 0.3) is 0 Å². The summed E-state index contributed by atoms with van der Waals surface area (Å²) in [7, 11) is 2.80. The fraction of sp³-hybridized carbons (Fsp3) is 0.481. The van der Waals surface area contributed by atoms with Crippen LogP contribution < -0.4 is 14.4 Å². The summed E-state index contributed by atoms with van der Waals surface area (Å²) in [6, 6.07) is 7.61. The Kier molecular flexibility index (Phi) is 6.77. The van der Waals surface area contributed by atoms with Crippen molar-refractivity contribution in [2.45, 2.75) is 51.7 Å². The van der Waals surface area contributed by atoms with Crippen LogP contribution in [0.5, 0.6) is 11.5 Å². The van der Waals surface area contributed by atoms with E-state index in [-0.39, 0.29) is 53.3 Å². The lowest BCUT2D eigenvalue weighted by molar-refractivity contribution is 0.0962. The SMILES string of the molecule is COc1cc2c(c(F)c1OC)C(=N)N(CC(=O)c1cc(N3CCC(O)CC3)cc(C(C)(C)C)c1)C2. The van der Waals surface area contributed by atoms with Crippen LogP contribution in [0.1, 0.15) is 60.7 Å². The summed E-state index contributed by atoms with van der Waals surface area (Å²) in [5.74, 6) is -0.598. The van der Waals surface area contributed by atoms with Crippen molar-refractivity contribution < 1.29 is 23.8 Å². The van der Waals surface area contributed by atoms with E-state index in [0.29, 0.717) is 24.0 Å². The molecule has 7 nitrogen and oxygen atoms in total. The van der Waals surface area contributed by atoms with Crippen molar-refractivity contribution in [1.29, 1.82) is 5.41 Å². The van der Waals surface area contributed by atoms with Gasteiger partial charge in [-0.05, 0) is 53.6 Å². The number of ether oxygens (including phenoxy) is 2. The maximum Gasteiger partial charge on any atom is 0.197 e. The lowest BCUT2D eigenvalue weighted by Crippen LogP contribution is -2.36. The number of aliphatic hydroxyl groups is 1. The lowest BCUT2D eigenvalue weighted by Gasteiger charge is -2.33. The Morgan fingerprint density at radius 1 is 1.14 bits per heavy atom. The monoisotopic (exact) mass is 483 g/mol. The third-order valence-electron chi connectivity index (χ3n) is 6.88. The number of nitrogens with one attached hydrogen (secondary N) is 1. The predicted octanol–water partition coefficient (Wildman–Crippen LogP) is 4.13. The van der Waals surface area contributed by atoms with E-state index in [1.165, 1.54) is 14.2 Å². The molecule has 2 aliphatic rings. The second-order valence-corrected chi connectivity index (χ2v) is 10.3. The number of rotatable bonds is 6. The van der Waals surface area contributed by atoms with Crippen LogP contribution >= 0.6 is 0 Å². The van der Waals surface area contributed by atoms with Gasteiger partial charge in [-0.15, -0.1) is 0 Å².